The molecule has 0 N–H and O–H groups in total. The third-order valence-electron chi connectivity index (χ3n) is 5.04. The molecule has 4 aromatic carbocycles. The molecule has 0 atom stereocenters. The van der Waals surface area contributed by atoms with Crippen LogP contribution in [0.1, 0.15) is 87.2 Å². The summed E-state index contributed by atoms with van der Waals surface area (Å²) in [6.07, 6.45) is 0. The number of ether oxygens (including phenoxy) is 2. The number of hydrogen-bond acceptors (Lipinski definition) is 4. The number of esters is 2. The second kappa shape index (κ2) is 20.7. The molecule has 0 unspecified atom stereocenters. The van der Waals surface area contributed by atoms with Crippen LogP contribution in [0.3, 0.4) is 0 Å². The summed E-state index contributed by atoms with van der Waals surface area (Å²) in [7, 11) is 0. The van der Waals surface area contributed by atoms with Gasteiger partial charge in [0.1, 0.15) is 11.5 Å². The maximum atomic E-state index is 12.5. The Kier molecular flexibility index (Phi) is 18.6. The quantitative estimate of drug-likeness (QED) is 0.186. The Hall–Kier alpha value is -4.18. The molecular formula is C36H46O4. The van der Waals surface area contributed by atoms with Crippen LogP contribution >= 0.6 is 0 Å². The first-order valence-corrected chi connectivity index (χ1v) is 14.3. The van der Waals surface area contributed by atoms with E-state index in [1.165, 1.54) is 5.56 Å². The minimum Gasteiger partial charge on any atom is -0.423 e. The average molecular weight is 543 g/mol. The summed E-state index contributed by atoms with van der Waals surface area (Å²) in [4.78, 5) is 24.7. The van der Waals surface area contributed by atoms with Crippen LogP contribution in [-0.4, -0.2) is 11.9 Å². The minimum atomic E-state index is -0.454. The van der Waals surface area contributed by atoms with Crippen molar-refractivity contribution in [1.82, 2.24) is 0 Å². The van der Waals surface area contributed by atoms with Crippen LogP contribution in [0.4, 0.5) is 0 Å². The fourth-order valence-corrected chi connectivity index (χ4v) is 3.14. The molecule has 0 saturated heterocycles. The van der Waals surface area contributed by atoms with E-state index in [0.29, 0.717) is 22.6 Å². The van der Waals surface area contributed by atoms with Crippen molar-refractivity contribution in [3.63, 3.8) is 0 Å². The topological polar surface area (TPSA) is 52.6 Å². The van der Waals surface area contributed by atoms with Crippen LogP contribution in [-0.2, 0) is 0 Å². The Labute approximate surface area is 242 Å². The van der Waals surface area contributed by atoms with Crippen LogP contribution < -0.4 is 9.47 Å². The highest BCUT2D eigenvalue weighted by Crippen LogP contribution is 2.22. The molecule has 0 bridgehead atoms. The van der Waals surface area contributed by atoms with Gasteiger partial charge < -0.3 is 9.47 Å². The van der Waals surface area contributed by atoms with Gasteiger partial charge in [-0.25, -0.2) is 9.59 Å². The van der Waals surface area contributed by atoms with Crippen LogP contribution in [0.25, 0.3) is 11.1 Å². The highest BCUT2D eigenvalue weighted by Gasteiger charge is 2.11. The molecule has 0 aliphatic heterocycles. The molecule has 0 radical (unpaired) electrons. The van der Waals surface area contributed by atoms with Gasteiger partial charge in [0.15, 0.2) is 0 Å². The number of carbonyl (C=O) groups is 2. The largest absolute Gasteiger partial charge is 0.423 e. The highest BCUT2D eigenvalue weighted by atomic mass is 16.5. The van der Waals surface area contributed by atoms with Crippen molar-refractivity contribution >= 4 is 11.9 Å². The first-order chi connectivity index (χ1) is 19.5. The smallest absolute Gasteiger partial charge is 0.343 e. The van der Waals surface area contributed by atoms with Gasteiger partial charge in [-0.1, -0.05) is 115 Å². The molecule has 0 heterocycles. The van der Waals surface area contributed by atoms with Gasteiger partial charge in [0.25, 0.3) is 0 Å². The van der Waals surface area contributed by atoms with Crippen LogP contribution in [0.5, 0.6) is 11.5 Å². The standard InChI is InChI=1S/C28H22O4.4C2H6/c1-19-3-7-21(8-4-19)22-11-13-24(14-12-22)28(30)32-26-17-15-25(16-18-26)31-27(29)23-9-5-20(2)6-10-23;4*1-2/h3-18H,1-2H3;4*1-2H3. The van der Waals surface area contributed by atoms with E-state index < -0.39 is 11.9 Å². The zero-order chi connectivity index (χ0) is 30.5. The maximum absolute atomic E-state index is 12.5. The van der Waals surface area contributed by atoms with Crippen molar-refractivity contribution in [3.05, 3.63) is 119 Å². The zero-order valence-electron chi connectivity index (χ0n) is 25.9. The SMILES string of the molecule is CC.CC.CC.CC.Cc1ccc(C(=O)Oc2ccc(OC(=O)c3ccc(-c4ccc(C)cc4)cc3)cc2)cc1. The molecule has 0 amide bonds. The molecular weight excluding hydrogens is 496 g/mol. The molecule has 40 heavy (non-hydrogen) atoms. The number of benzene rings is 4. The fraction of sp³-hybridized carbons (Fsp3) is 0.278. The molecule has 4 aromatic rings. The lowest BCUT2D eigenvalue weighted by atomic mass is 10.0. The molecule has 214 valence electrons. The maximum Gasteiger partial charge on any atom is 0.343 e. The molecule has 0 saturated carbocycles. The van der Waals surface area contributed by atoms with Crippen molar-refractivity contribution < 1.29 is 19.1 Å². The predicted octanol–water partition coefficient (Wildman–Crippen LogP) is 10.5. The van der Waals surface area contributed by atoms with Crippen LogP contribution in [0.2, 0.25) is 0 Å². The number of aryl methyl sites for hydroxylation is 2. The summed E-state index contributed by atoms with van der Waals surface area (Å²) in [5.74, 6) is -0.154. The Morgan fingerprint density at radius 2 is 0.650 bits per heavy atom. The van der Waals surface area contributed by atoms with Gasteiger partial charge in [0.2, 0.25) is 0 Å². The first-order valence-electron chi connectivity index (χ1n) is 14.3. The van der Waals surface area contributed by atoms with Gasteiger partial charge in [-0.3, -0.25) is 0 Å². The lowest BCUT2D eigenvalue weighted by molar-refractivity contribution is 0.0719. The lowest BCUT2D eigenvalue weighted by Gasteiger charge is -2.08. The lowest BCUT2D eigenvalue weighted by Crippen LogP contribution is -2.09. The Morgan fingerprint density at radius 1 is 0.400 bits per heavy atom. The van der Waals surface area contributed by atoms with Crippen molar-refractivity contribution in [3.8, 4) is 22.6 Å². The van der Waals surface area contributed by atoms with E-state index in [4.69, 9.17) is 9.47 Å². The number of hydrogen-bond donors (Lipinski definition) is 0. The summed E-state index contributed by atoms with van der Waals surface area (Å²) in [6.45, 7) is 20.0. The fourth-order valence-electron chi connectivity index (χ4n) is 3.14. The van der Waals surface area contributed by atoms with Gasteiger partial charge in [-0.05, 0) is 73.5 Å². The van der Waals surface area contributed by atoms with Gasteiger partial charge in [0, 0.05) is 0 Å². The zero-order valence-corrected chi connectivity index (χ0v) is 25.9. The first kappa shape index (κ1) is 35.8. The summed E-state index contributed by atoms with van der Waals surface area (Å²) in [5.41, 5.74) is 5.31. The Morgan fingerprint density at radius 3 is 0.975 bits per heavy atom. The van der Waals surface area contributed by atoms with E-state index in [1.807, 2.05) is 93.5 Å². The predicted molar refractivity (Wildman–Crippen MR) is 170 cm³/mol. The highest BCUT2D eigenvalue weighted by molar-refractivity contribution is 5.92. The summed E-state index contributed by atoms with van der Waals surface area (Å²) < 4.78 is 10.8. The Bertz CT molecular complexity index is 1220. The number of carbonyl (C=O) groups excluding carboxylic acids is 2. The van der Waals surface area contributed by atoms with E-state index in [2.05, 4.69) is 24.3 Å². The van der Waals surface area contributed by atoms with Crippen LogP contribution in [0.15, 0.2) is 97.1 Å². The molecule has 4 nitrogen and oxygen atoms in total. The monoisotopic (exact) mass is 542 g/mol. The van der Waals surface area contributed by atoms with Gasteiger partial charge >= 0.3 is 11.9 Å². The van der Waals surface area contributed by atoms with Crippen molar-refractivity contribution in [1.29, 1.82) is 0 Å². The third-order valence-corrected chi connectivity index (χ3v) is 5.04. The summed E-state index contributed by atoms with van der Waals surface area (Å²) in [6, 6.07) is 29.0. The van der Waals surface area contributed by atoms with E-state index >= 15 is 0 Å². The van der Waals surface area contributed by atoms with E-state index in [0.717, 1.165) is 16.7 Å². The molecule has 0 aliphatic rings. The molecule has 0 aliphatic carbocycles. The second-order valence-corrected chi connectivity index (χ2v) is 7.56. The van der Waals surface area contributed by atoms with E-state index in [9.17, 15) is 9.59 Å². The minimum absolute atomic E-state index is 0.368. The van der Waals surface area contributed by atoms with Gasteiger partial charge in [-0.2, -0.15) is 0 Å². The molecule has 4 heteroatoms. The third kappa shape index (κ3) is 11.7. The van der Waals surface area contributed by atoms with Crippen LogP contribution in [0, 0.1) is 13.8 Å². The summed E-state index contributed by atoms with van der Waals surface area (Å²) in [5, 5.41) is 0. The van der Waals surface area contributed by atoms with E-state index in [-0.39, 0.29) is 0 Å². The molecule has 4 rings (SSSR count). The van der Waals surface area contributed by atoms with Gasteiger partial charge in [0.05, 0.1) is 11.1 Å². The average Bonchev–Trinajstić information content (AvgIpc) is 3.03. The second-order valence-electron chi connectivity index (χ2n) is 7.56. The molecule has 0 fully saturated rings. The van der Waals surface area contributed by atoms with Crippen molar-refractivity contribution in [2.75, 3.05) is 0 Å². The van der Waals surface area contributed by atoms with Crippen molar-refractivity contribution in [2.24, 2.45) is 0 Å². The number of rotatable bonds is 5. The molecule has 0 aromatic heterocycles. The van der Waals surface area contributed by atoms with E-state index in [1.54, 1.807) is 48.5 Å². The normalized spacial score (nSPS) is 8.95. The molecule has 0 spiro atoms. The van der Waals surface area contributed by atoms with Crippen molar-refractivity contribution in [2.45, 2.75) is 69.2 Å². The Balaban J connectivity index is 0.00000175. The van der Waals surface area contributed by atoms with Gasteiger partial charge in [-0.15, -0.1) is 0 Å². The summed E-state index contributed by atoms with van der Waals surface area (Å²) >= 11 is 0.